The molecule has 200 valence electrons. The topological polar surface area (TPSA) is 144 Å². The summed E-state index contributed by atoms with van der Waals surface area (Å²) in [6.07, 6.45) is 0. The molecule has 0 spiro atoms. The van der Waals surface area contributed by atoms with Gasteiger partial charge in [-0.15, -0.1) is 0 Å². The average molecular weight is 541 g/mol. The largest absolute Gasteiger partial charge is 0.395 e. The minimum atomic E-state index is -1.17. The van der Waals surface area contributed by atoms with Gasteiger partial charge in [-0.25, -0.2) is 4.39 Å². The molecule has 1 fully saturated rings. The third kappa shape index (κ3) is 6.15. The Hall–Kier alpha value is -3.87. The van der Waals surface area contributed by atoms with E-state index >= 15 is 0 Å². The van der Waals surface area contributed by atoms with E-state index in [1.54, 1.807) is 18.2 Å². The molecule has 0 radical (unpaired) electrons. The Balaban J connectivity index is 1.73. The van der Waals surface area contributed by atoms with Crippen LogP contribution in [0.15, 0.2) is 48.5 Å². The molecule has 1 saturated heterocycles. The fraction of sp³-hybridized carbons (Fsp3) is 0.308. The van der Waals surface area contributed by atoms with Crippen molar-refractivity contribution >= 4 is 40.6 Å². The van der Waals surface area contributed by atoms with Crippen molar-refractivity contribution < 1.29 is 23.5 Å². The summed E-state index contributed by atoms with van der Waals surface area (Å²) in [5.74, 6) is -2.45. The van der Waals surface area contributed by atoms with Gasteiger partial charge in [-0.3, -0.25) is 24.2 Å². The minimum absolute atomic E-state index is 0.0338. The molecule has 0 aliphatic carbocycles. The predicted molar refractivity (Wildman–Crippen MR) is 142 cm³/mol. The van der Waals surface area contributed by atoms with Gasteiger partial charge in [0.1, 0.15) is 16.7 Å². The Morgan fingerprint density at radius 2 is 1.89 bits per heavy atom. The monoisotopic (exact) mass is 540 g/mol. The number of rotatable bonds is 9. The number of hydrogen-bond acceptors (Lipinski definition) is 8. The van der Waals surface area contributed by atoms with Crippen LogP contribution in [0.5, 0.6) is 0 Å². The van der Waals surface area contributed by atoms with E-state index in [0.29, 0.717) is 37.6 Å². The molecular weight excluding hydrogens is 511 g/mol. The van der Waals surface area contributed by atoms with Gasteiger partial charge in [0.05, 0.1) is 18.9 Å². The van der Waals surface area contributed by atoms with Gasteiger partial charge in [0, 0.05) is 31.9 Å². The molecule has 38 heavy (non-hydrogen) atoms. The van der Waals surface area contributed by atoms with Crippen LogP contribution in [0, 0.1) is 12.7 Å². The number of amides is 3. The molecule has 1 aromatic heterocycles. The lowest BCUT2D eigenvalue weighted by atomic mass is 10.0. The Kier molecular flexibility index (Phi) is 8.66. The molecule has 1 unspecified atom stereocenters. The number of carbonyl (C=O) groups is 3. The average Bonchev–Trinajstić information content (AvgIpc) is 3.29. The lowest BCUT2D eigenvalue weighted by Gasteiger charge is -2.32. The van der Waals surface area contributed by atoms with Gasteiger partial charge < -0.3 is 21.5 Å². The Morgan fingerprint density at radius 1 is 1.18 bits per heavy atom. The number of morpholine rings is 1. The van der Waals surface area contributed by atoms with Crippen molar-refractivity contribution in [2.75, 3.05) is 50.0 Å². The van der Waals surface area contributed by atoms with Crippen LogP contribution in [0.25, 0.3) is 0 Å². The third-order valence-corrected chi connectivity index (χ3v) is 7.03. The van der Waals surface area contributed by atoms with Crippen LogP contribution in [-0.4, -0.2) is 66.4 Å². The van der Waals surface area contributed by atoms with Gasteiger partial charge in [0.15, 0.2) is 5.69 Å². The van der Waals surface area contributed by atoms with Gasteiger partial charge in [0.2, 0.25) is 5.91 Å². The normalized spacial score (nSPS) is 14.6. The number of halogens is 1. The minimum Gasteiger partial charge on any atom is -0.395 e. The van der Waals surface area contributed by atoms with E-state index < -0.39 is 29.6 Å². The van der Waals surface area contributed by atoms with E-state index in [9.17, 15) is 18.8 Å². The smallest absolute Gasteiger partial charge is 0.273 e. The molecule has 5 N–H and O–H groups in total. The van der Waals surface area contributed by atoms with E-state index in [1.807, 2.05) is 13.0 Å². The Labute approximate surface area is 223 Å². The summed E-state index contributed by atoms with van der Waals surface area (Å²) in [7, 11) is 0. The highest BCUT2D eigenvalue weighted by atomic mass is 32.1. The Morgan fingerprint density at radius 3 is 2.53 bits per heavy atom. The number of primary amides is 1. The van der Waals surface area contributed by atoms with Crippen LogP contribution in [-0.2, 0) is 9.53 Å². The molecule has 1 aliphatic rings. The van der Waals surface area contributed by atoms with E-state index in [4.69, 9.17) is 16.2 Å². The number of aryl methyl sites for hydroxylation is 1. The highest BCUT2D eigenvalue weighted by Crippen LogP contribution is 2.33. The van der Waals surface area contributed by atoms with E-state index in [-0.39, 0.29) is 16.3 Å². The van der Waals surface area contributed by atoms with Gasteiger partial charge in [-0.05, 0) is 53.8 Å². The fourth-order valence-electron chi connectivity index (χ4n) is 4.22. The summed E-state index contributed by atoms with van der Waals surface area (Å²) >= 11 is 0.726. The number of aromatic nitrogens is 1. The summed E-state index contributed by atoms with van der Waals surface area (Å²) < 4.78 is 23.1. The van der Waals surface area contributed by atoms with Crippen molar-refractivity contribution in [1.29, 1.82) is 0 Å². The molecular formula is C26H29FN6O4S. The van der Waals surface area contributed by atoms with Crippen molar-refractivity contribution in [2.24, 2.45) is 5.73 Å². The summed E-state index contributed by atoms with van der Waals surface area (Å²) in [4.78, 5) is 42.9. The molecule has 12 heteroatoms. The molecule has 2 aromatic carbocycles. The number of anilines is 2. The summed E-state index contributed by atoms with van der Waals surface area (Å²) in [5, 5.41) is 2.93. The molecule has 2 heterocycles. The number of hydrogen-bond donors (Lipinski definition) is 3. The second kappa shape index (κ2) is 12.1. The van der Waals surface area contributed by atoms with Crippen molar-refractivity contribution in [3.63, 3.8) is 0 Å². The zero-order valence-electron chi connectivity index (χ0n) is 20.9. The van der Waals surface area contributed by atoms with Crippen LogP contribution in [0.2, 0.25) is 0 Å². The fourth-order valence-corrected chi connectivity index (χ4v) is 4.96. The number of nitrogens with zero attached hydrogens (tertiary/aromatic N) is 3. The van der Waals surface area contributed by atoms with E-state index in [0.717, 1.165) is 30.2 Å². The van der Waals surface area contributed by atoms with Gasteiger partial charge >= 0.3 is 0 Å². The third-order valence-electron chi connectivity index (χ3n) is 6.18. The SMILES string of the molecule is Cc1cccc(N(C(=O)c2snc(C(N)=O)c2N)C(C(=O)NCCN2CCOCC2)c2ccc(F)cc2)c1. The first-order valence-corrected chi connectivity index (χ1v) is 12.8. The molecule has 0 bridgehead atoms. The summed E-state index contributed by atoms with van der Waals surface area (Å²) in [6.45, 7) is 5.58. The number of nitrogens with one attached hydrogen (secondary N) is 1. The number of nitrogens with two attached hydrogens (primary N) is 2. The highest BCUT2D eigenvalue weighted by molar-refractivity contribution is 7.09. The number of ether oxygens (including phenoxy) is 1. The van der Waals surface area contributed by atoms with Crippen LogP contribution in [0.1, 0.15) is 37.3 Å². The summed E-state index contributed by atoms with van der Waals surface area (Å²) in [6, 6.07) is 11.3. The van der Waals surface area contributed by atoms with Gasteiger partial charge in [-0.2, -0.15) is 4.37 Å². The van der Waals surface area contributed by atoms with Crippen LogP contribution in [0.4, 0.5) is 15.8 Å². The lowest BCUT2D eigenvalue weighted by molar-refractivity contribution is -0.122. The molecule has 3 amide bonds. The predicted octanol–water partition coefficient (Wildman–Crippen LogP) is 2.11. The van der Waals surface area contributed by atoms with E-state index in [2.05, 4.69) is 14.6 Å². The zero-order valence-corrected chi connectivity index (χ0v) is 21.7. The first kappa shape index (κ1) is 27.2. The Bertz CT molecular complexity index is 1310. The standard InChI is InChI=1S/C26H29FN6O4S/c1-16-3-2-4-19(15-16)33(26(36)23-20(28)21(24(29)34)31-38-23)22(17-5-7-18(27)8-6-17)25(35)30-9-10-32-11-13-37-14-12-32/h2-8,15,22H,9-14,28H2,1H3,(H2,29,34)(H,30,35). The van der Waals surface area contributed by atoms with Crippen molar-refractivity contribution in [1.82, 2.24) is 14.6 Å². The summed E-state index contributed by atoms with van der Waals surface area (Å²) in [5.41, 5.74) is 12.7. The number of benzene rings is 2. The maximum absolute atomic E-state index is 14.0. The molecule has 1 aliphatic heterocycles. The van der Waals surface area contributed by atoms with Crippen LogP contribution >= 0.6 is 11.5 Å². The van der Waals surface area contributed by atoms with Gasteiger partial charge in [0.25, 0.3) is 11.8 Å². The van der Waals surface area contributed by atoms with Crippen molar-refractivity contribution in [2.45, 2.75) is 13.0 Å². The maximum Gasteiger partial charge on any atom is 0.273 e. The van der Waals surface area contributed by atoms with Crippen LogP contribution < -0.4 is 21.7 Å². The number of carbonyl (C=O) groups excluding carboxylic acids is 3. The van der Waals surface area contributed by atoms with E-state index in [1.165, 1.54) is 29.2 Å². The maximum atomic E-state index is 14.0. The molecule has 10 nitrogen and oxygen atoms in total. The number of nitrogen functional groups attached to an aromatic ring is 1. The first-order valence-electron chi connectivity index (χ1n) is 12.0. The lowest BCUT2D eigenvalue weighted by Crippen LogP contribution is -2.46. The van der Waals surface area contributed by atoms with Gasteiger partial charge in [-0.1, -0.05) is 24.3 Å². The molecule has 3 aromatic rings. The molecule has 0 saturated carbocycles. The molecule has 1 atom stereocenters. The highest BCUT2D eigenvalue weighted by Gasteiger charge is 2.36. The zero-order chi connectivity index (χ0) is 27.2. The van der Waals surface area contributed by atoms with Crippen LogP contribution in [0.3, 0.4) is 0 Å². The van der Waals surface area contributed by atoms with Crippen molar-refractivity contribution in [3.8, 4) is 0 Å². The second-order valence-electron chi connectivity index (χ2n) is 8.85. The quantitative estimate of drug-likeness (QED) is 0.377. The second-order valence-corrected chi connectivity index (χ2v) is 9.62. The first-order chi connectivity index (χ1) is 18.3. The van der Waals surface area contributed by atoms with Crippen molar-refractivity contribution in [3.05, 3.63) is 76.0 Å². The molecule has 4 rings (SSSR count).